The number of rotatable bonds is 3. The molecule has 1 saturated heterocycles. The Kier molecular flexibility index (Phi) is 7.40. The van der Waals surface area contributed by atoms with Crippen LogP contribution in [0.25, 0.3) is 6.08 Å². The number of allylic oxidation sites excluding steroid dienone is 2. The van der Waals surface area contributed by atoms with Crippen LogP contribution in [0.2, 0.25) is 0 Å². The summed E-state index contributed by atoms with van der Waals surface area (Å²) >= 11 is 0. The van der Waals surface area contributed by atoms with E-state index in [-0.39, 0.29) is 27.1 Å². The lowest BCUT2D eigenvalue weighted by atomic mass is 9.32. The monoisotopic (exact) mass is 611 g/mol. The van der Waals surface area contributed by atoms with Gasteiger partial charge in [-0.1, -0.05) is 46.8 Å². The Morgan fingerprint density at radius 1 is 0.933 bits per heavy atom. The van der Waals surface area contributed by atoms with Gasteiger partial charge in [0.25, 0.3) is 0 Å². The highest BCUT2D eigenvalue weighted by Gasteiger charge is 2.72. The molecule has 45 heavy (non-hydrogen) atoms. The first-order chi connectivity index (χ1) is 21.3. The van der Waals surface area contributed by atoms with E-state index in [1.807, 2.05) is 24.5 Å². The minimum atomic E-state index is -0.376. The van der Waals surface area contributed by atoms with E-state index >= 15 is 0 Å². The lowest BCUT2D eigenvalue weighted by Gasteiger charge is -2.72. The largest absolute Gasteiger partial charge is 0.340 e. The molecule has 1 aromatic heterocycles. The topological polar surface area (TPSA) is 62.3 Å². The number of piperazine rings is 1. The minimum Gasteiger partial charge on any atom is -0.340 e. The van der Waals surface area contributed by atoms with Crippen molar-refractivity contribution in [3.63, 3.8) is 0 Å². The number of carbonyl (C=O) groups is 2. The average Bonchev–Trinajstić information content (AvgIpc) is 3.42. The number of carbonyl (C=O) groups excluding carboxylic acids is 2. The van der Waals surface area contributed by atoms with Crippen LogP contribution in [0.3, 0.4) is 0 Å². The molecule has 2 heterocycles. The number of Topliss-reactive ketones (excluding diaryl/α,β-unsaturated/α-hetero) is 1. The number of hydrogen-bond donors (Lipinski definition) is 1. The van der Waals surface area contributed by atoms with Crippen LogP contribution in [-0.4, -0.2) is 47.8 Å². The Morgan fingerprint density at radius 2 is 1.64 bits per heavy atom. The van der Waals surface area contributed by atoms with Crippen LogP contribution in [-0.2, 0) is 9.59 Å². The van der Waals surface area contributed by atoms with Crippen molar-refractivity contribution in [2.75, 3.05) is 26.2 Å². The van der Waals surface area contributed by atoms with Crippen LogP contribution in [0.4, 0.5) is 0 Å². The van der Waals surface area contributed by atoms with Crippen molar-refractivity contribution in [1.82, 2.24) is 15.2 Å². The van der Waals surface area contributed by atoms with Gasteiger partial charge in [0.05, 0.1) is 5.41 Å². The van der Waals surface area contributed by atoms with E-state index in [2.05, 4.69) is 69.4 Å². The van der Waals surface area contributed by atoms with Crippen LogP contribution in [0.1, 0.15) is 105 Å². The fraction of sp³-hybridized carbons (Fsp3) is 0.725. The summed E-state index contributed by atoms with van der Waals surface area (Å²) in [4.78, 5) is 35.1. The molecule has 0 radical (unpaired) electrons. The third-order valence-corrected chi connectivity index (χ3v) is 15.5. The number of amides is 1. The summed E-state index contributed by atoms with van der Waals surface area (Å²) in [6, 6.07) is 4.04. The SMILES string of the molecule is C=C(C)[C@@H]1CC[C@]2(C(=O)N3CCNCC3)CC[C@]3(C)[C@H](CC[C@@H]4[C@@]5(C)C/C(=C/c6ccncc6)C(=O)C(C)(C)[C@@H]5CC[C@]43C)[C@@H]12. The van der Waals surface area contributed by atoms with E-state index in [4.69, 9.17) is 0 Å². The molecule has 244 valence electrons. The Hall–Kier alpha value is -2.27. The van der Waals surface area contributed by atoms with E-state index < -0.39 is 0 Å². The zero-order chi connectivity index (χ0) is 32.0. The number of nitrogens with one attached hydrogen (secondary N) is 1. The van der Waals surface area contributed by atoms with Crippen LogP contribution < -0.4 is 5.32 Å². The highest BCUT2D eigenvalue weighted by atomic mass is 16.2. The predicted octanol–water partition coefficient (Wildman–Crippen LogP) is 7.73. The quantitative estimate of drug-likeness (QED) is 0.281. The number of ketones is 1. The van der Waals surface area contributed by atoms with Crippen LogP contribution >= 0.6 is 0 Å². The average molecular weight is 612 g/mol. The molecule has 1 N–H and O–H groups in total. The zero-order valence-electron chi connectivity index (χ0n) is 28.9. The molecule has 9 atom stereocenters. The van der Waals surface area contributed by atoms with Gasteiger partial charge in [-0.3, -0.25) is 14.6 Å². The van der Waals surface area contributed by atoms with Gasteiger partial charge in [0.15, 0.2) is 5.78 Å². The maximum absolute atomic E-state index is 14.6. The molecular formula is C40H57N3O2. The Morgan fingerprint density at radius 3 is 2.33 bits per heavy atom. The second kappa shape index (κ2) is 10.6. The standard InChI is InChI=1S/C40H57N3O2/c1-26(2)29-10-15-40(35(45)43-22-20-42-21-23-43)17-16-38(6)30(33(29)40)8-9-32-37(5)25-28(24-27-12-18-41-19-13-27)34(44)36(3,4)31(37)11-14-39(32,38)7/h12-13,18-19,24,29-33,42H,1,8-11,14-17,20-23,25H2,2-7H3/b28-24-/t29-,30+,31-,32+,33+,37-,38+,39+,40-/m0/s1. The van der Waals surface area contributed by atoms with Gasteiger partial charge in [-0.15, -0.1) is 0 Å². The lowest BCUT2D eigenvalue weighted by molar-refractivity contribution is -0.230. The van der Waals surface area contributed by atoms with E-state index in [0.29, 0.717) is 41.3 Å². The van der Waals surface area contributed by atoms with Gasteiger partial charge in [0.1, 0.15) is 0 Å². The smallest absolute Gasteiger partial charge is 0.229 e. The molecule has 6 aliphatic rings. The van der Waals surface area contributed by atoms with Gasteiger partial charge in [-0.05, 0) is 140 Å². The van der Waals surface area contributed by atoms with Gasteiger partial charge in [-0.25, -0.2) is 0 Å². The molecule has 5 heteroatoms. The Bertz CT molecular complexity index is 1410. The number of fused-ring (bicyclic) bond motifs is 7. The molecule has 0 unspecified atom stereocenters. The number of nitrogens with zero attached hydrogens (tertiary/aromatic N) is 2. The normalized spacial score (nSPS) is 44.8. The summed E-state index contributed by atoms with van der Waals surface area (Å²) in [5.74, 6) is 3.11. The van der Waals surface area contributed by atoms with Gasteiger partial charge < -0.3 is 10.2 Å². The predicted molar refractivity (Wildman–Crippen MR) is 181 cm³/mol. The van der Waals surface area contributed by atoms with Gasteiger partial charge in [0.2, 0.25) is 5.91 Å². The van der Waals surface area contributed by atoms with Crippen molar-refractivity contribution in [3.8, 4) is 0 Å². The summed E-state index contributed by atoms with van der Waals surface area (Å²) in [6.07, 6.45) is 15.7. The van der Waals surface area contributed by atoms with E-state index in [1.165, 1.54) is 24.8 Å². The highest BCUT2D eigenvalue weighted by molar-refractivity contribution is 6.04. The summed E-state index contributed by atoms with van der Waals surface area (Å²) < 4.78 is 0. The fourth-order valence-corrected chi connectivity index (χ4v) is 13.3. The molecule has 6 fully saturated rings. The second-order valence-corrected chi connectivity index (χ2v) is 17.6. The van der Waals surface area contributed by atoms with Crippen molar-refractivity contribution in [3.05, 3.63) is 47.8 Å². The second-order valence-electron chi connectivity index (χ2n) is 17.6. The maximum Gasteiger partial charge on any atom is 0.229 e. The summed E-state index contributed by atoms with van der Waals surface area (Å²) in [6.45, 7) is 22.6. The van der Waals surface area contributed by atoms with Crippen molar-refractivity contribution in [2.45, 2.75) is 99.3 Å². The molecule has 0 spiro atoms. The van der Waals surface area contributed by atoms with Gasteiger partial charge in [0, 0.05) is 44.0 Å². The third-order valence-electron chi connectivity index (χ3n) is 15.5. The fourth-order valence-electron chi connectivity index (χ4n) is 13.3. The van der Waals surface area contributed by atoms with Crippen molar-refractivity contribution >= 4 is 17.8 Å². The summed E-state index contributed by atoms with van der Waals surface area (Å²) in [7, 11) is 0. The lowest BCUT2D eigenvalue weighted by Crippen LogP contribution is -2.67. The van der Waals surface area contributed by atoms with Crippen molar-refractivity contribution in [2.24, 2.45) is 56.7 Å². The van der Waals surface area contributed by atoms with Gasteiger partial charge in [-0.2, -0.15) is 0 Å². The number of pyridine rings is 1. The highest BCUT2D eigenvalue weighted by Crippen LogP contribution is 2.77. The molecule has 1 aromatic rings. The first kappa shape index (κ1) is 31.3. The third kappa shape index (κ3) is 4.30. The van der Waals surface area contributed by atoms with E-state index in [1.54, 1.807) is 0 Å². The molecule has 0 bridgehead atoms. The summed E-state index contributed by atoms with van der Waals surface area (Å²) in [5.41, 5.74) is 3.17. The zero-order valence-corrected chi connectivity index (χ0v) is 28.9. The van der Waals surface area contributed by atoms with Crippen LogP contribution in [0.15, 0.2) is 42.3 Å². The maximum atomic E-state index is 14.6. The van der Waals surface area contributed by atoms with Crippen molar-refractivity contribution < 1.29 is 9.59 Å². The molecule has 0 aromatic carbocycles. The van der Waals surface area contributed by atoms with Gasteiger partial charge >= 0.3 is 0 Å². The van der Waals surface area contributed by atoms with Crippen molar-refractivity contribution in [1.29, 1.82) is 0 Å². The van der Waals surface area contributed by atoms with Crippen LogP contribution in [0.5, 0.6) is 0 Å². The molecule has 1 amide bonds. The molecular weight excluding hydrogens is 554 g/mol. The molecule has 1 aliphatic heterocycles. The Labute approximate surface area is 272 Å². The van der Waals surface area contributed by atoms with E-state index in [0.717, 1.165) is 75.8 Å². The first-order valence-corrected chi connectivity index (χ1v) is 18.1. The summed E-state index contributed by atoms with van der Waals surface area (Å²) in [5, 5.41) is 3.46. The first-order valence-electron chi connectivity index (χ1n) is 18.1. The molecule has 7 rings (SSSR count). The number of hydrogen-bond acceptors (Lipinski definition) is 4. The number of aromatic nitrogens is 1. The molecule has 5 saturated carbocycles. The molecule has 5 nitrogen and oxygen atoms in total. The Balaban J connectivity index is 1.27. The minimum absolute atomic E-state index is 0.0613. The van der Waals surface area contributed by atoms with Crippen LogP contribution in [0, 0.1) is 56.7 Å². The van der Waals surface area contributed by atoms with E-state index in [9.17, 15) is 9.59 Å². The molecule has 5 aliphatic carbocycles.